The van der Waals surface area contributed by atoms with Crippen LogP contribution in [0.15, 0.2) is 30.4 Å². The van der Waals surface area contributed by atoms with Gasteiger partial charge in [-0.3, -0.25) is 9.59 Å². The van der Waals surface area contributed by atoms with E-state index >= 15 is 0 Å². The van der Waals surface area contributed by atoms with Crippen molar-refractivity contribution in [3.8, 4) is 0 Å². The van der Waals surface area contributed by atoms with Crippen LogP contribution < -0.4 is 5.32 Å². The van der Waals surface area contributed by atoms with Gasteiger partial charge in [-0.1, -0.05) is 12.2 Å². The molecule has 142 valence electrons. The SMILES string of the molecule is COC(=O)c1cc(NC(=O)[C@H]2[C@@H](C(=O)O)[C@@H]3C=C[C@H]2O3)cc(C(=O)OC)c1. The Morgan fingerprint density at radius 3 is 1.93 bits per heavy atom. The van der Waals surface area contributed by atoms with Gasteiger partial charge < -0.3 is 24.6 Å². The maximum atomic E-state index is 12.7. The number of rotatable bonds is 5. The van der Waals surface area contributed by atoms with Crippen molar-refractivity contribution in [2.45, 2.75) is 12.2 Å². The Morgan fingerprint density at radius 2 is 1.44 bits per heavy atom. The first-order valence-electron chi connectivity index (χ1n) is 8.05. The molecule has 2 bridgehead atoms. The molecule has 1 saturated heterocycles. The monoisotopic (exact) mass is 375 g/mol. The van der Waals surface area contributed by atoms with E-state index in [-0.39, 0.29) is 16.8 Å². The van der Waals surface area contributed by atoms with Gasteiger partial charge in [-0.2, -0.15) is 0 Å². The topological polar surface area (TPSA) is 128 Å². The molecule has 0 radical (unpaired) electrons. The summed E-state index contributed by atoms with van der Waals surface area (Å²) >= 11 is 0. The van der Waals surface area contributed by atoms with Crippen molar-refractivity contribution >= 4 is 29.5 Å². The smallest absolute Gasteiger partial charge is 0.337 e. The normalized spacial score (nSPS) is 25.1. The van der Waals surface area contributed by atoms with Crippen molar-refractivity contribution in [3.63, 3.8) is 0 Å². The summed E-state index contributed by atoms with van der Waals surface area (Å²) in [5.41, 5.74) is 0.211. The molecule has 2 aliphatic rings. The Kier molecular flexibility index (Phi) is 4.95. The number of ether oxygens (including phenoxy) is 3. The number of carbonyl (C=O) groups excluding carboxylic acids is 3. The zero-order valence-corrected chi connectivity index (χ0v) is 14.5. The van der Waals surface area contributed by atoms with Gasteiger partial charge in [0.15, 0.2) is 0 Å². The predicted octanol–water partition coefficient (Wildman–Crippen LogP) is 0.852. The number of anilines is 1. The van der Waals surface area contributed by atoms with Crippen LogP contribution in [0.2, 0.25) is 0 Å². The van der Waals surface area contributed by atoms with Crippen LogP contribution in [0, 0.1) is 11.8 Å². The highest BCUT2D eigenvalue weighted by Gasteiger charge is 2.53. The largest absolute Gasteiger partial charge is 0.481 e. The van der Waals surface area contributed by atoms with Crippen LogP contribution >= 0.6 is 0 Å². The fourth-order valence-electron chi connectivity index (χ4n) is 3.31. The van der Waals surface area contributed by atoms with E-state index in [9.17, 15) is 24.3 Å². The number of carboxylic acid groups (broad SMARTS) is 1. The molecule has 1 amide bonds. The van der Waals surface area contributed by atoms with Crippen LogP contribution in [0.3, 0.4) is 0 Å². The highest BCUT2D eigenvalue weighted by Crippen LogP contribution is 2.40. The number of benzene rings is 1. The summed E-state index contributed by atoms with van der Waals surface area (Å²) in [7, 11) is 2.36. The highest BCUT2D eigenvalue weighted by atomic mass is 16.5. The third-order valence-electron chi connectivity index (χ3n) is 4.53. The summed E-state index contributed by atoms with van der Waals surface area (Å²) in [6.45, 7) is 0. The van der Waals surface area contributed by atoms with E-state index in [0.717, 1.165) is 0 Å². The summed E-state index contributed by atoms with van der Waals surface area (Å²) in [5, 5.41) is 12.0. The summed E-state index contributed by atoms with van der Waals surface area (Å²) in [6.07, 6.45) is 1.98. The molecule has 9 heteroatoms. The Hall–Kier alpha value is -3.20. The average Bonchev–Trinajstić information content (AvgIpc) is 3.27. The zero-order chi connectivity index (χ0) is 19.7. The fourth-order valence-corrected chi connectivity index (χ4v) is 3.31. The molecule has 0 aromatic heterocycles. The Morgan fingerprint density at radius 1 is 0.926 bits per heavy atom. The number of amides is 1. The molecule has 0 aliphatic carbocycles. The molecule has 1 aromatic rings. The van der Waals surface area contributed by atoms with Crippen LogP contribution in [0.4, 0.5) is 5.69 Å². The maximum absolute atomic E-state index is 12.7. The number of carboxylic acids is 1. The Labute approximate surface area is 153 Å². The Balaban J connectivity index is 1.89. The van der Waals surface area contributed by atoms with Crippen LogP contribution in [0.25, 0.3) is 0 Å². The first-order valence-corrected chi connectivity index (χ1v) is 8.05. The molecule has 0 unspecified atom stereocenters. The zero-order valence-electron chi connectivity index (χ0n) is 14.5. The summed E-state index contributed by atoms with van der Waals surface area (Å²) in [6, 6.07) is 3.93. The molecule has 1 aromatic carbocycles. The molecule has 2 aliphatic heterocycles. The molecule has 0 saturated carbocycles. The lowest BCUT2D eigenvalue weighted by atomic mass is 9.82. The van der Waals surface area contributed by atoms with Gasteiger partial charge >= 0.3 is 17.9 Å². The summed E-state index contributed by atoms with van der Waals surface area (Å²) in [4.78, 5) is 47.9. The number of nitrogens with one attached hydrogen (secondary N) is 1. The molecule has 0 spiro atoms. The van der Waals surface area contributed by atoms with E-state index in [2.05, 4.69) is 14.8 Å². The van der Waals surface area contributed by atoms with Gasteiger partial charge in [0.05, 0.1) is 43.5 Å². The van der Waals surface area contributed by atoms with Gasteiger partial charge in [0, 0.05) is 5.69 Å². The molecule has 9 nitrogen and oxygen atoms in total. The number of aliphatic carboxylic acids is 1. The van der Waals surface area contributed by atoms with Gasteiger partial charge in [0.1, 0.15) is 5.92 Å². The van der Waals surface area contributed by atoms with Gasteiger partial charge in [-0.15, -0.1) is 0 Å². The first kappa shape index (κ1) is 18.6. The Bertz CT molecular complexity index is 812. The van der Waals surface area contributed by atoms with E-state index in [1.165, 1.54) is 32.4 Å². The standard InChI is InChI=1S/C18H17NO8/c1-25-17(23)8-5-9(18(24)26-2)7-10(6-8)19-15(20)13-11-3-4-12(27-11)14(13)16(21)22/h3-7,11-14H,1-2H3,(H,19,20)(H,21,22)/t11-,12+,13-,14+/m1/s1. The lowest BCUT2D eigenvalue weighted by molar-refractivity contribution is -0.145. The molecule has 3 rings (SSSR count). The van der Waals surface area contributed by atoms with Crippen molar-refractivity contribution in [3.05, 3.63) is 41.5 Å². The number of esters is 2. The van der Waals surface area contributed by atoms with E-state index < -0.39 is 47.9 Å². The quantitative estimate of drug-likeness (QED) is 0.573. The number of fused-ring (bicyclic) bond motifs is 2. The molecular weight excluding hydrogens is 358 g/mol. The van der Waals surface area contributed by atoms with Gasteiger partial charge in [0.25, 0.3) is 0 Å². The second kappa shape index (κ2) is 7.20. The number of methoxy groups -OCH3 is 2. The predicted molar refractivity (Wildman–Crippen MR) is 90.2 cm³/mol. The van der Waals surface area contributed by atoms with Crippen molar-refractivity contribution < 1.29 is 38.5 Å². The van der Waals surface area contributed by atoms with Gasteiger partial charge in [-0.05, 0) is 18.2 Å². The van der Waals surface area contributed by atoms with E-state index in [0.29, 0.717) is 0 Å². The lowest BCUT2D eigenvalue weighted by Crippen LogP contribution is -2.39. The third-order valence-corrected chi connectivity index (χ3v) is 4.53. The number of hydrogen-bond donors (Lipinski definition) is 2. The molecule has 1 fully saturated rings. The number of carbonyl (C=O) groups is 4. The first-order chi connectivity index (χ1) is 12.8. The van der Waals surface area contributed by atoms with Crippen LogP contribution in [0.1, 0.15) is 20.7 Å². The number of hydrogen-bond acceptors (Lipinski definition) is 7. The minimum Gasteiger partial charge on any atom is -0.481 e. The maximum Gasteiger partial charge on any atom is 0.337 e. The molecule has 2 N–H and O–H groups in total. The van der Waals surface area contributed by atoms with Crippen LogP contribution in [0.5, 0.6) is 0 Å². The van der Waals surface area contributed by atoms with Crippen molar-refractivity contribution in [2.75, 3.05) is 19.5 Å². The van der Waals surface area contributed by atoms with Gasteiger partial charge in [-0.25, -0.2) is 9.59 Å². The van der Waals surface area contributed by atoms with E-state index in [1.54, 1.807) is 12.2 Å². The van der Waals surface area contributed by atoms with E-state index in [1.807, 2.05) is 0 Å². The molecule has 27 heavy (non-hydrogen) atoms. The fraction of sp³-hybridized carbons (Fsp3) is 0.333. The van der Waals surface area contributed by atoms with Crippen molar-refractivity contribution in [1.82, 2.24) is 0 Å². The van der Waals surface area contributed by atoms with Crippen molar-refractivity contribution in [2.24, 2.45) is 11.8 Å². The summed E-state index contributed by atoms with van der Waals surface area (Å²) in [5.74, 6) is -5.07. The van der Waals surface area contributed by atoms with Crippen LogP contribution in [-0.2, 0) is 23.8 Å². The molecule has 4 atom stereocenters. The van der Waals surface area contributed by atoms with Crippen LogP contribution in [-0.4, -0.2) is 55.3 Å². The molecule has 2 heterocycles. The summed E-state index contributed by atoms with van der Waals surface area (Å²) < 4.78 is 14.8. The highest BCUT2D eigenvalue weighted by molar-refractivity contribution is 6.01. The van der Waals surface area contributed by atoms with Crippen molar-refractivity contribution in [1.29, 1.82) is 0 Å². The second-order valence-electron chi connectivity index (χ2n) is 6.11. The van der Waals surface area contributed by atoms with Gasteiger partial charge in [0.2, 0.25) is 5.91 Å². The molecular formula is C18H17NO8. The minimum absolute atomic E-state index is 0.0366. The third kappa shape index (κ3) is 3.41. The minimum atomic E-state index is -1.13. The lowest BCUT2D eigenvalue weighted by Gasteiger charge is -2.21. The van der Waals surface area contributed by atoms with E-state index in [4.69, 9.17) is 4.74 Å². The average molecular weight is 375 g/mol. The second-order valence-corrected chi connectivity index (χ2v) is 6.11.